The number of ether oxygens (including phenoxy) is 1. The molecule has 1 saturated carbocycles. The van der Waals surface area contributed by atoms with E-state index in [4.69, 9.17) is 4.74 Å². The van der Waals surface area contributed by atoms with Crippen LogP contribution >= 0.6 is 0 Å². The van der Waals surface area contributed by atoms with Gasteiger partial charge in [-0.2, -0.15) is 0 Å². The number of imide groups is 1. The maximum Gasteiger partial charge on any atom is 0.255 e. The van der Waals surface area contributed by atoms with Crippen LogP contribution in [0.15, 0.2) is 18.2 Å². The van der Waals surface area contributed by atoms with Crippen LogP contribution in [0.25, 0.3) is 0 Å². The van der Waals surface area contributed by atoms with Gasteiger partial charge in [-0.25, -0.2) is 0 Å². The summed E-state index contributed by atoms with van der Waals surface area (Å²) in [6, 6.07) is 5.12. The highest BCUT2D eigenvalue weighted by Crippen LogP contribution is 2.32. The number of hydrogen-bond acceptors (Lipinski definition) is 6. The van der Waals surface area contributed by atoms with E-state index in [0.29, 0.717) is 24.9 Å². The van der Waals surface area contributed by atoms with E-state index >= 15 is 0 Å². The highest BCUT2D eigenvalue weighted by molar-refractivity contribution is 6.05. The molecule has 2 heterocycles. The lowest BCUT2D eigenvalue weighted by Gasteiger charge is -2.33. The van der Waals surface area contributed by atoms with Crippen LogP contribution in [0.3, 0.4) is 0 Å². The molecular weight excluding hydrogens is 410 g/mol. The summed E-state index contributed by atoms with van der Waals surface area (Å²) < 4.78 is 6.35. The number of amides is 3. The van der Waals surface area contributed by atoms with Crippen LogP contribution in [0.5, 0.6) is 5.75 Å². The number of nitrogens with zero attached hydrogens (tertiary/aromatic N) is 1. The molecule has 1 aliphatic carbocycles. The third kappa shape index (κ3) is 5.13. The molecule has 3 unspecified atom stereocenters. The Morgan fingerprint density at radius 3 is 2.72 bits per heavy atom. The first kappa shape index (κ1) is 22.7. The van der Waals surface area contributed by atoms with Crippen molar-refractivity contribution >= 4 is 17.7 Å². The SMILES string of the molecule is CC(C)(O)CCNC1CCCCC1Oc1ccc2c(c1)CN(C1CCC(=O)NC1=O)C2=O. The van der Waals surface area contributed by atoms with Gasteiger partial charge in [-0.05, 0) is 76.3 Å². The summed E-state index contributed by atoms with van der Waals surface area (Å²) in [6.07, 6.45) is 5.56. The average Bonchev–Trinajstić information content (AvgIpc) is 3.04. The van der Waals surface area contributed by atoms with Crippen LogP contribution in [0.2, 0.25) is 0 Å². The normalized spacial score (nSPS) is 26.2. The number of benzene rings is 1. The number of hydrogen-bond donors (Lipinski definition) is 3. The molecule has 3 atom stereocenters. The third-order valence-corrected chi connectivity index (χ3v) is 6.63. The molecule has 2 aliphatic heterocycles. The van der Waals surface area contributed by atoms with Gasteiger partial charge in [0, 0.05) is 24.6 Å². The Kier molecular flexibility index (Phi) is 6.53. The van der Waals surface area contributed by atoms with Crippen LogP contribution in [0, 0.1) is 0 Å². The monoisotopic (exact) mass is 443 g/mol. The van der Waals surface area contributed by atoms with E-state index in [2.05, 4.69) is 10.6 Å². The van der Waals surface area contributed by atoms with Crippen LogP contribution in [-0.4, -0.2) is 58.1 Å². The van der Waals surface area contributed by atoms with Gasteiger partial charge in [0.2, 0.25) is 11.8 Å². The molecule has 2 fully saturated rings. The fraction of sp³-hybridized carbons (Fsp3) is 0.625. The Labute approximate surface area is 188 Å². The second-order valence-corrected chi connectivity index (χ2v) is 9.78. The number of rotatable bonds is 7. The maximum absolute atomic E-state index is 12.9. The van der Waals surface area contributed by atoms with Gasteiger partial charge in [0.15, 0.2) is 0 Å². The zero-order valence-corrected chi connectivity index (χ0v) is 18.9. The standard InChI is InChI=1S/C24H33N3O5/c1-24(2,31)11-12-25-18-5-3-4-6-20(18)32-16-7-8-17-15(13-16)14-27(23(17)30)19-9-10-21(28)26-22(19)29/h7-8,13,18-20,25,31H,3-6,9-12,14H2,1-2H3,(H,26,28,29). The van der Waals surface area contributed by atoms with E-state index in [0.717, 1.165) is 43.5 Å². The van der Waals surface area contributed by atoms with Crippen LogP contribution in [-0.2, 0) is 16.1 Å². The first-order valence-corrected chi connectivity index (χ1v) is 11.6. The van der Waals surface area contributed by atoms with Crippen molar-refractivity contribution in [3.63, 3.8) is 0 Å². The van der Waals surface area contributed by atoms with Crippen LogP contribution in [0.4, 0.5) is 0 Å². The number of piperidine rings is 1. The molecule has 1 aromatic carbocycles. The van der Waals surface area contributed by atoms with Crippen molar-refractivity contribution in [3.8, 4) is 5.75 Å². The number of aliphatic hydroxyl groups is 1. The molecule has 0 radical (unpaired) electrons. The number of nitrogens with one attached hydrogen (secondary N) is 2. The largest absolute Gasteiger partial charge is 0.489 e. The Bertz CT molecular complexity index is 894. The van der Waals surface area contributed by atoms with Crippen molar-refractivity contribution < 1.29 is 24.2 Å². The predicted molar refractivity (Wildman–Crippen MR) is 118 cm³/mol. The van der Waals surface area contributed by atoms with E-state index in [1.807, 2.05) is 26.0 Å². The smallest absolute Gasteiger partial charge is 0.255 e. The molecule has 3 aliphatic rings. The second kappa shape index (κ2) is 9.19. The summed E-state index contributed by atoms with van der Waals surface area (Å²) in [5, 5.41) is 15.8. The Morgan fingerprint density at radius 2 is 1.97 bits per heavy atom. The van der Waals surface area contributed by atoms with Crippen molar-refractivity contribution in [1.82, 2.24) is 15.5 Å². The summed E-state index contributed by atoms with van der Waals surface area (Å²) in [5.41, 5.74) is 0.740. The fourth-order valence-corrected chi connectivity index (χ4v) is 4.83. The minimum Gasteiger partial charge on any atom is -0.489 e. The minimum absolute atomic E-state index is 0.0342. The van der Waals surface area contributed by atoms with E-state index in [-0.39, 0.29) is 30.4 Å². The first-order chi connectivity index (χ1) is 15.2. The molecule has 0 spiro atoms. The van der Waals surface area contributed by atoms with E-state index in [1.165, 1.54) is 0 Å². The number of carbonyl (C=O) groups excluding carboxylic acids is 3. The van der Waals surface area contributed by atoms with Gasteiger partial charge in [-0.3, -0.25) is 19.7 Å². The van der Waals surface area contributed by atoms with E-state index in [9.17, 15) is 19.5 Å². The Morgan fingerprint density at radius 1 is 1.19 bits per heavy atom. The number of carbonyl (C=O) groups is 3. The molecule has 174 valence electrons. The minimum atomic E-state index is -0.695. The molecule has 3 N–H and O–H groups in total. The number of fused-ring (bicyclic) bond motifs is 1. The van der Waals surface area contributed by atoms with E-state index < -0.39 is 17.6 Å². The molecule has 1 aromatic rings. The summed E-state index contributed by atoms with van der Waals surface area (Å²) in [6.45, 7) is 4.70. The van der Waals surface area contributed by atoms with Gasteiger partial charge in [0.1, 0.15) is 17.9 Å². The van der Waals surface area contributed by atoms with Gasteiger partial charge in [0.05, 0.1) is 5.60 Å². The lowest BCUT2D eigenvalue weighted by atomic mass is 9.92. The lowest BCUT2D eigenvalue weighted by molar-refractivity contribution is -0.136. The molecule has 8 heteroatoms. The predicted octanol–water partition coefficient (Wildman–Crippen LogP) is 1.89. The van der Waals surface area contributed by atoms with Gasteiger partial charge in [0.25, 0.3) is 5.91 Å². The summed E-state index contributed by atoms with van der Waals surface area (Å²) in [4.78, 5) is 38.1. The lowest BCUT2D eigenvalue weighted by Crippen LogP contribution is -2.52. The highest BCUT2D eigenvalue weighted by atomic mass is 16.5. The van der Waals surface area contributed by atoms with Gasteiger partial charge >= 0.3 is 0 Å². The first-order valence-electron chi connectivity index (χ1n) is 11.6. The molecule has 0 bridgehead atoms. The molecule has 8 nitrogen and oxygen atoms in total. The van der Waals surface area contributed by atoms with Gasteiger partial charge in [-0.1, -0.05) is 6.42 Å². The maximum atomic E-state index is 12.9. The Hall–Kier alpha value is -2.45. The Balaban J connectivity index is 1.41. The van der Waals surface area contributed by atoms with Crippen LogP contribution < -0.4 is 15.4 Å². The van der Waals surface area contributed by atoms with Gasteiger partial charge in [-0.15, -0.1) is 0 Å². The molecular formula is C24H33N3O5. The van der Waals surface area contributed by atoms with Crippen LogP contribution in [0.1, 0.15) is 74.7 Å². The molecule has 1 saturated heterocycles. The summed E-state index contributed by atoms with van der Waals surface area (Å²) in [7, 11) is 0. The van der Waals surface area contributed by atoms with Crippen molar-refractivity contribution in [2.24, 2.45) is 0 Å². The molecule has 3 amide bonds. The zero-order valence-electron chi connectivity index (χ0n) is 18.9. The van der Waals surface area contributed by atoms with Crippen molar-refractivity contribution in [1.29, 1.82) is 0 Å². The highest BCUT2D eigenvalue weighted by Gasteiger charge is 2.39. The second-order valence-electron chi connectivity index (χ2n) is 9.78. The van der Waals surface area contributed by atoms with Crippen molar-refractivity contribution in [2.75, 3.05) is 6.54 Å². The van der Waals surface area contributed by atoms with E-state index in [1.54, 1.807) is 11.0 Å². The summed E-state index contributed by atoms with van der Waals surface area (Å²) >= 11 is 0. The third-order valence-electron chi connectivity index (χ3n) is 6.63. The topological polar surface area (TPSA) is 108 Å². The van der Waals surface area contributed by atoms with Gasteiger partial charge < -0.3 is 20.1 Å². The van der Waals surface area contributed by atoms with Crippen molar-refractivity contribution in [3.05, 3.63) is 29.3 Å². The molecule has 32 heavy (non-hydrogen) atoms. The van der Waals surface area contributed by atoms with Crippen molar-refractivity contribution in [2.45, 2.75) is 89.1 Å². The fourth-order valence-electron chi connectivity index (χ4n) is 4.83. The molecule has 4 rings (SSSR count). The molecule has 0 aromatic heterocycles. The zero-order chi connectivity index (χ0) is 22.9. The quantitative estimate of drug-likeness (QED) is 0.556. The summed E-state index contributed by atoms with van der Waals surface area (Å²) in [5.74, 6) is -0.141. The average molecular weight is 444 g/mol.